The van der Waals surface area contributed by atoms with E-state index in [9.17, 15) is 9.59 Å². The van der Waals surface area contributed by atoms with Crippen molar-refractivity contribution in [3.05, 3.63) is 11.8 Å². The predicted octanol–water partition coefficient (Wildman–Crippen LogP) is 2.19. The van der Waals surface area contributed by atoms with E-state index in [1.807, 2.05) is 0 Å². The Labute approximate surface area is 90.2 Å². The molecule has 0 radical (unpaired) electrons. The van der Waals surface area contributed by atoms with Crippen molar-refractivity contribution in [3.63, 3.8) is 0 Å². The lowest BCUT2D eigenvalue weighted by Gasteiger charge is -2.19. The Hall–Kier alpha value is -1.32. The normalized spacial score (nSPS) is 12.2. The molecule has 0 rings (SSSR count). The molecule has 4 heteroatoms. The van der Waals surface area contributed by atoms with E-state index in [1.54, 1.807) is 27.7 Å². The molecule has 15 heavy (non-hydrogen) atoms. The number of ether oxygens (including phenoxy) is 2. The fourth-order valence-electron chi connectivity index (χ4n) is 0.831. The minimum Gasteiger partial charge on any atom is -0.460 e. The third-order valence-electron chi connectivity index (χ3n) is 1.27. The summed E-state index contributed by atoms with van der Waals surface area (Å²) in [5.74, 6) is -0.734. The number of hydrogen-bond donors (Lipinski definition) is 0. The maximum absolute atomic E-state index is 11.3. The third kappa shape index (κ3) is 9.00. The number of carbonyl (C=O) groups excluding carboxylic acids is 2. The molecule has 0 aromatic heterocycles. The van der Waals surface area contributed by atoms with Gasteiger partial charge in [0.1, 0.15) is 5.60 Å². The first kappa shape index (κ1) is 13.7. The van der Waals surface area contributed by atoms with Gasteiger partial charge in [0.25, 0.3) is 0 Å². The quantitative estimate of drug-likeness (QED) is 0.533. The largest absolute Gasteiger partial charge is 0.460 e. The molecule has 0 unspecified atom stereocenters. The number of esters is 2. The molecule has 0 aliphatic rings. The van der Waals surface area contributed by atoms with Crippen LogP contribution in [0.1, 0.15) is 41.0 Å². The fourth-order valence-corrected chi connectivity index (χ4v) is 0.831. The van der Waals surface area contributed by atoms with E-state index in [0.717, 1.165) is 0 Å². The smallest absolute Gasteiger partial charge is 0.310 e. The van der Waals surface area contributed by atoms with Gasteiger partial charge in [-0.1, -0.05) is 0 Å². The van der Waals surface area contributed by atoms with Gasteiger partial charge < -0.3 is 9.47 Å². The lowest BCUT2D eigenvalue weighted by Crippen LogP contribution is -2.23. The first-order chi connectivity index (χ1) is 6.70. The fraction of sp³-hybridized carbons (Fsp3) is 0.636. The van der Waals surface area contributed by atoms with Gasteiger partial charge in [0, 0.05) is 6.92 Å². The lowest BCUT2D eigenvalue weighted by atomic mass is 10.2. The van der Waals surface area contributed by atoms with Crippen molar-refractivity contribution in [2.75, 3.05) is 0 Å². The first-order valence-corrected chi connectivity index (χ1v) is 4.75. The van der Waals surface area contributed by atoms with Crippen molar-refractivity contribution in [2.24, 2.45) is 0 Å². The van der Waals surface area contributed by atoms with Gasteiger partial charge in [-0.25, -0.2) is 0 Å². The van der Waals surface area contributed by atoms with Gasteiger partial charge in [0.15, 0.2) is 0 Å². The summed E-state index contributed by atoms with van der Waals surface area (Å²) in [7, 11) is 0. The summed E-state index contributed by atoms with van der Waals surface area (Å²) in [4.78, 5) is 21.8. The van der Waals surface area contributed by atoms with E-state index >= 15 is 0 Å². The monoisotopic (exact) mass is 214 g/mol. The van der Waals surface area contributed by atoms with Crippen LogP contribution in [0.5, 0.6) is 0 Å². The number of hydrogen-bond acceptors (Lipinski definition) is 4. The molecule has 0 aliphatic heterocycles. The molecule has 0 saturated carbocycles. The molecule has 0 aliphatic carbocycles. The van der Waals surface area contributed by atoms with Gasteiger partial charge in [-0.2, -0.15) is 0 Å². The number of rotatable bonds is 3. The van der Waals surface area contributed by atoms with Crippen LogP contribution in [0.4, 0.5) is 0 Å². The second-order valence-corrected chi connectivity index (χ2v) is 4.34. The van der Waals surface area contributed by atoms with Crippen molar-refractivity contribution in [3.8, 4) is 0 Å². The Kier molecular flexibility index (Phi) is 5.05. The summed E-state index contributed by atoms with van der Waals surface area (Å²) < 4.78 is 9.72. The van der Waals surface area contributed by atoms with Crippen LogP contribution in [0.15, 0.2) is 11.8 Å². The summed E-state index contributed by atoms with van der Waals surface area (Å²) in [6.07, 6.45) is 1.40. The van der Waals surface area contributed by atoms with Gasteiger partial charge >= 0.3 is 11.9 Å². The van der Waals surface area contributed by atoms with Crippen LogP contribution in [0, 0.1) is 0 Å². The van der Waals surface area contributed by atoms with E-state index in [0.29, 0.717) is 5.57 Å². The Bertz CT molecular complexity index is 271. The van der Waals surface area contributed by atoms with Crippen LogP contribution < -0.4 is 0 Å². The van der Waals surface area contributed by atoms with Crippen LogP contribution in [0.3, 0.4) is 0 Å². The Morgan fingerprint density at radius 3 is 2.13 bits per heavy atom. The van der Waals surface area contributed by atoms with E-state index in [4.69, 9.17) is 4.74 Å². The van der Waals surface area contributed by atoms with Crippen molar-refractivity contribution in [1.82, 2.24) is 0 Å². The zero-order valence-corrected chi connectivity index (χ0v) is 9.92. The van der Waals surface area contributed by atoms with Gasteiger partial charge in [0.05, 0.1) is 12.7 Å². The molecule has 0 aromatic carbocycles. The van der Waals surface area contributed by atoms with E-state index < -0.39 is 11.6 Å². The molecule has 0 fully saturated rings. The molecule has 4 nitrogen and oxygen atoms in total. The zero-order valence-electron chi connectivity index (χ0n) is 9.92. The zero-order chi connectivity index (χ0) is 12.1. The van der Waals surface area contributed by atoms with Gasteiger partial charge in [-0.3, -0.25) is 9.59 Å². The first-order valence-electron chi connectivity index (χ1n) is 4.75. The highest BCUT2D eigenvalue weighted by Gasteiger charge is 2.16. The predicted molar refractivity (Wildman–Crippen MR) is 56.0 cm³/mol. The van der Waals surface area contributed by atoms with E-state index in [1.165, 1.54) is 13.2 Å². The SMILES string of the molecule is CC(=O)OC=C(C)CC(=O)OC(C)(C)C. The molecule has 0 N–H and O–H groups in total. The minimum atomic E-state index is -0.487. The van der Waals surface area contributed by atoms with Crippen molar-refractivity contribution in [2.45, 2.75) is 46.6 Å². The highest BCUT2D eigenvalue weighted by molar-refractivity contribution is 5.73. The van der Waals surface area contributed by atoms with Crippen molar-refractivity contribution >= 4 is 11.9 Å². The average Bonchev–Trinajstić information content (AvgIpc) is 1.96. The summed E-state index contributed by atoms with van der Waals surface area (Å²) in [6.45, 7) is 8.41. The van der Waals surface area contributed by atoms with E-state index in [2.05, 4.69) is 4.74 Å². The molecule has 0 bridgehead atoms. The molecule has 0 atom stereocenters. The molecule has 86 valence electrons. The standard InChI is InChI=1S/C11H18O4/c1-8(7-14-9(2)12)6-10(13)15-11(3,4)5/h7H,6H2,1-5H3. The Morgan fingerprint density at radius 2 is 1.73 bits per heavy atom. The van der Waals surface area contributed by atoms with Crippen LogP contribution >= 0.6 is 0 Å². The minimum absolute atomic E-state index is 0.130. The molecule has 0 aromatic rings. The topological polar surface area (TPSA) is 52.6 Å². The Morgan fingerprint density at radius 1 is 1.20 bits per heavy atom. The third-order valence-corrected chi connectivity index (χ3v) is 1.27. The van der Waals surface area contributed by atoms with E-state index in [-0.39, 0.29) is 12.4 Å². The van der Waals surface area contributed by atoms with Crippen LogP contribution in [-0.2, 0) is 19.1 Å². The summed E-state index contributed by atoms with van der Waals surface area (Å²) in [5.41, 5.74) is 0.165. The summed E-state index contributed by atoms with van der Waals surface area (Å²) in [6, 6.07) is 0. The number of carbonyl (C=O) groups is 2. The Balaban J connectivity index is 4.07. The molecular weight excluding hydrogens is 196 g/mol. The molecule has 0 spiro atoms. The maximum Gasteiger partial charge on any atom is 0.310 e. The maximum atomic E-state index is 11.3. The van der Waals surface area contributed by atoms with Crippen LogP contribution in [0.2, 0.25) is 0 Å². The highest BCUT2D eigenvalue weighted by Crippen LogP contribution is 2.11. The summed E-state index contributed by atoms with van der Waals surface area (Å²) >= 11 is 0. The second-order valence-electron chi connectivity index (χ2n) is 4.34. The van der Waals surface area contributed by atoms with Crippen LogP contribution in [0.25, 0.3) is 0 Å². The molecule has 0 amide bonds. The summed E-state index contributed by atoms with van der Waals surface area (Å²) in [5, 5.41) is 0. The average molecular weight is 214 g/mol. The van der Waals surface area contributed by atoms with Gasteiger partial charge in [-0.05, 0) is 33.3 Å². The van der Waals surface area contributed by atoms with Crippen molar-refractivity contribution in [1.29, 1.82) is 0 Å². The lowest BCUT2D eigenvalue weighted by molar-refractivity contribution is -0.154. The molecule has 0 heterocycles. The highest BCUT2D eigenvalue weighted by atomic mass is 16.6. The van der Waals surface area contributed by atoms with Gasteiger partial charge in [0.2, 0.25) is 0 Å². The van der Waals surface area contributed by atoms with Crippen LogP contribution in [-0.4, -0.2) is 17.5 Å². The molecular formula is C11H18O4. The van der Waals surface area contributed by atoms with Gasteiger partial charge in [-0.15, -0.1) is 0 Å². The molecule has 0 saturated heterocycles. The second kappa shape index (κ2) is 5.53. The van der Waals surface area contributed by atoms with Crippen molar-refractivity contribution < 1.29 is 19.1 Å².